The average Bonchev–Trinajstić information content (AvgIpc) is 2.77. The quantitative estimate of drug-likeness (QED) is 0.920. The fourth-order valence-corrected chi connectivity index (χ4v) is 2.14. The van der Waals surface area contributed by atoms with Crippen molar-refractivity contribution >= 4 is 33.5 Å². The Morgan fingerprint density at radius 3 is 3.06 bits per heavy atom. The fraction of sp³-hybridized carbons (Fsp3) is 0.250. The summed E-state index contributed by atoms with van der Waals surface area (Å²) in [6.07, 6.45) is 4.74. The summed E-state index contributed by atoms with van der Waals surface area (Å²) < 4.78 is 2.96. The first-order valence-electron chi connectivity index (χ1n) is 5.45. The van der Waals surface area contributed by atoms with Crippen LogP contribution in [0.4, 0.5) is 5.95 Å². The van der Waals surface area contributed by atoms with E-state index in [1.54, 1.807) is 6.20 Å². The van der Waals surface area contributed by atoms with Gasteiger partial charge in [-0.2, -0.15) is 0 Å². The van der Waals surface area contributed by atoms with Gasteiger partial charge in [0.15, 0.2) is 0 Å². The van der Waals surface area contributed by atoms with Crippen molar-refractivity contribution in [2.45, 2.75) is 13.3 Å². The second-order valence-corrected chi connectivity index (χ2v) is 4.93. The second kappa shape index (κ2) is 5.56. The summed E-state index contributed by atoms with van der Waals surface area (Å²) >= 11 is 9.53. The maximum Gasteiger partial charge on any atom is 0.207 e. The highest BCUT2D eigenvalue weighted by molar-refractivity contribution is 9.10. The smallest absolute Gasteiger partial charge is 0.207 e. The van der Waals surface area contributed by atoms with E-state index in [4.69, 9.17) is 11.6 Å². The third-order valence-corrected chi connectivity index (χ3v) is 3.25. The molecule has 0 saturated carbocycles. The van der Waals surface area contributed by atoms with Crippen molar-refractivity contribution < 1.29 is 0 Å². The maximum absolute atomic E-state index is 6.02. The lowest BCUT2D eigenvalue weighted by atomic mass is 10.3. The van der Waals surface area contributed by atoms with Gasteiger partial charge in [-0.3, -0.25) is 4.57 Å². The van der Waals surface area contributed by atoms with Gasteiger partial charge in [-0.1, -0.05) is 18.5 Å². The number of imidazole rings is 1. The van der Waals surface area contributed by atoms with Crippen LogP contribution in [0, 0.1) is 0 Å². The number of halogens is 2. The van der Waals surface area contributed by atoms with Gasteiger partial charge in [0, 0.05) is 28.4 Å². The van der Waals surface area contributed by atoms with Crippen LogP contribution in [0.5, 0.6) is 0 Å². The molecule has 0 spiro atoms. The van der Waals surface area contributed by atoms with E-state index in [9.17, 15) is 0 Å². The highest BCUT2D eigenvalue weighted by atomic mass is 79.9. The zero-order valence-corrected chi connectivity index (χ0v) is 11.8. The highest BCUT2D eigenvalue weighted by Crippen LogP contribution is 2.26. The molecule has 2 aromatic rings. The molecular formula is C12H13BrClN3. The normalized spacial score (nSPS) is 10.5. The van der Waals surface area contributed by atoms with Crippen LogP contribution in [0.25, 0.3) is 5.69 Å². The maximum atomic E-state index is 6.02. The molecule has 5 heteroatoms. The minimum Gasteiger partial charge on any atom is -0.355 e. The number of hydrogen-bond donors (Lipinski definition) is 1. The lowest BCUT2D eigenvalue weighted by Crippen LogP contribution is -2.07. The van der Waals surface area contributed by atoms with Gasteiger partial charge < -0.3 is 5.32 Å². The third-order valence-electron chi connectivity index (χ3n) is 2.34. The predicted molar refractivity (Wildman–Crippen MR) is 75.1 cm³/mol. The first kappa shape index (κ1) is 12.5. The van der Waals surface area contributed by atoms with Gasteiger partial charge in [-0.05, 0) is 40.5 Å². The molecule has 3 nitrogen and oxygen atoms in total. The number of benzene rings is 1. The van der Waals surface area contributed by atoms with E-state index < -0.39 is 0 Å². The first-order valence-corrected chi connectivity index (χ1v) is 6.62. The van der Waals surface area contributed by atoms with Crippen LogP contribution in [0.15, 0.2) is 35.1 Å². The molecule has 0 atom stereocenters. The number of aromatic nitrogens is 2. The molecule has 0 bridgehead atoms. The van der Waals surface area contributed by atoms with Crippen molar-refractivity contribution in [2.75, 3.05) is 11.9 Å². The molecule has 0 aliphatic carbocycles. The summed E-state index contributed by atoms with van der Waals surface area (Å²) in [4.78, 5) is 4.29. The molecular weight excluding hydrogens is 302 g/mol. The minimum absolute atomic E-state index is 0.707. The molecule has 0 fully saturated rings. The lowest BCUT2D eigenvalue weighted by Gasteiger charge is -2.11. The van der Waals surface area contributed by atoms with Gasteiger partial charge in [-0.25, -0.2) is 4.98 Å². The SMILES string of the molecule is CCCNc1nccn1-c1cc(Cl)ccc1Br. The van der Waals surface area contributed by atoms with Crippen molar-refractivity contribution in [1.29, 1.82) is 0 Å². The summed E-state index contributed by atoms with van der Waals surface area (Å²) in [7, 11) is 0. The van der Waals surface area contributed by atoms with Crippen LogP contribution in [0.2, 0.25) is 5.02 Å². The standard InChI is InChI=1S/C12H13BrClN3/c1-2-5-15-12-16-6-7-17(12)11-8-9(14)3-4-10(11)13/h3-4,6-8H,2,5H2,1H3,(H,15,16). The van der Waals surface area contributed by atoms with Gasteiger partial charge >= 0.3 is 0 Å². The Morgan fingerprint density at radius 2 is 2.29 bits per heavy atom. The lowest BCUT2D eigenvalue weighted by molar-refractivity contribution is 0.935. The van der Waals surface area contributed by atoms with Gasteiger partial charge in [0.2, 0.25) is 5.95 Å². The minimum atomic E-state index is 0.707. The van der Waals surface area contributed by atoms with Gasteiger partial charge in [0.25, 0.3) is 0 Å². The van der Waals surface area contributed by atoms with Gasteiger partial charge in [0.05, 0.1) is 5.69 Å². The third kappa shape index (κ3) is 2.82. The highest BCUT2D eigenvalue weighted by Gasteiger charge is 2.08. The fourth-order valence-electron chi connectivity index (χ4n) is 1.54. The Hall–Kier alpha value is -1.000. The van der Waals surface area contributed by atoms with Crippen molar-refractivity contribution in [3.8, 4) is 5.69 Å². The number of nitrogens with one attached hydrogen (secondary N) is 1. The summed E-state index contributed by atoms with van der Waals surface area (Å²) in [5.41, 5.74) is 0.980. The van der Waals surface area contributed by atoms with Crippen LogP contribution >= 0.6 is 27.5 Å². The molecule has 0 amide bonds. The zero-order valence-electron chi connectivity index (χ0n) is 9.45. The Morgan fingerprint density at radius 1 is 1.47 bits per heavy atom. The molecule has 90 valence electrons. The van der Waals surface area contributed by atoms with Crippen molar-refractivity contribution in [3.05, 3.63) is 40.1 Å². The molecule has 0 aliphatic heterocycles. The summed E-state index contributed by atoms with van der Waals surface area (Å²) in [6, 6.07) is 5.69. The first-order chi connectivity index (χ1) is 8.22. The topological polar surface area (TPSA) is 29.9 Å². The monoisotopic (exact) mass is 313 g/mol. The summed E-state index contributed by atoms with van der Waals surface area (Å²) in [6.45, 7) is 3.02. The van der Waals surface area contributed by atoms with E-state index >= 15 is 0 Å². The predicted octanol–water partition coefficient (Wildman–Crippen LogP) is 4.11. The van der Waals surface area contributed by atoms with Gasteiger partial charge in [-0.15, -0.1) is 0 Å². The molecule has 1 N–H and O–H groups in total. The molecule has 17 heavy (non-hydrogen) atoms. The summed E-state index contributed by atoms with van der Waals surface area (Å²) in [5.74, 6) is 0.829. The molecule has 2 rings (SSSR count). The molecule has 1 heterocycles. The van der Waals surface area contributed by atoms with Crippen LogP contribution in [-0.2, 0) is 0 Å². The average molecular weight is 315 g/mol. The second-order valence-electron chi connectivity index (χ2n) is 3.64. The number of anilines is 1. The van der Waals surface area contributed by atoms with Crippen molar-refractivity contribution in [2.24, 2.45) is 0 Å². The molecule has 0 saturated heterocycles. The molecule has 1 aromatic carbocycles. The van der Waals surface area contributed by atoms with Crippen LogP contribution < -0.4 is 5.32 Å². The molecule has 1 aromatic heterocycles. The number of nitrogens with zero attached hydrogens (tertiary/aromatic N) is 2. The number of hydrogen-bond acceptors (Lipinski definition) is 2. The largest absolute Gasteiger partial charge is 0.355 e. The van der Waals surface area contributed by atoms with E-state index in [-0.39, 0.29) is 0 Å². The van der Waals surface area contributed by atoms with E-state index in [0.717, 1.165) is 29.1 Å². The van der Waals surface area contributed by atoms with Crippen molar-refractivity contribution in [3.63, 3.8) is 0 Å². The summed E-state index contributed by atoms with van der Waals surface area (Å²) in [5, 5.41) is 3.98. The Kier molecular flexibility index (Phi) is 4.07. The zero-order chi connectivity index (χ0) is 12.3. The van der Waals surface area contributed by atoms with E-state index in [1.807, 2.05) is 29.0 Å². The number of rotatable bonds is 4. The van der Waals surface area contributed by atoms with Crippen LogP contribution in [0.1, 0.15) is 13.3 Å². The van der Waals surface area contributed by atoms with Crippen LogP contribution in [-0.4, -0.2) is 16.1 Å². The molecule has 0 unspecified atom stereocenters. The Balaban J connectivity index is 2.38. The Bertz CT molecular complexity index is 510. The molecule has 0 radical (unpaired) electrons. The Labute approximate surface area is 114 Å². The molecule has 0 aliphatic rings. The van der Waals surface area contributed by atoms with E-state index in [1.165, 1.54) is 0 Å². The van der Waals surface area contributed by atoms with E-state index in [0.29, 0.717) is 5.02 Å². The van der Waals surface area contributed by atoms with Gasteiger partial charge in [0.1, 0.15) is 0 Å². The van der Waals surface area contributed by atoms with Crippen molar-refractivity contribution in [1.82, 2.24) is 9.55 Å². The van der Waals surface area contributed by atoms with E-state index in [2.05, 4.69) is 33.2 Å². The van der Waals surface area contributed by atoms with Crippen LogP contribution in [0.3, 0.4) is 0 Å².